The normalized spacial score (nSPS) is 44.5. The molecule has 1 aromatic rings. The number of phenols is 1. The van der Waals surface area contributed by atoms with Gasteiger partial charge in [-0.25, -0.2) is 0 Å². The monoisotopic (exact) mass is 706 g/mol. The smallest absolute Gasteiger partial charge is 0.229 e. The van der Waals surface area contributed by atoms with Crippen molar-refractivity contribution in [3.63, 3.8) is 0 Å². The number of aryl methyl sites for hydroxylation is 1. The number of hydrogen-bond acceptors (Lipinski definition) is 17. The molecule has 1 aromatic carbocycles. The summed E-state index contributed by atoms with van der Waals surface area (Å²) in [5, 5.41) is 114. The van der Waals surface area contributed by atoms with Crippen molar-refractivity contribution in [3.8, 4) is 11.5 Å². The first-order valence-corrected chi connectivity index (χ1v) is 16.5. The summed E-state index contributed by atoms with van der Waals surface area (Å²) in [6.07, 6.45) is -21.7. The Labute approximate surface area is 282 Å². The van der Waals surface area contributed by atoms with Crippen molar-refractivity contribution < 1.29 is 84.6 Å². The Morgan fingerprint density at radius 1 is 0.796 bits per heavy atom. The number of phenolic OH excluding ortho intramolecular Hbond substituents is 1. The average molecular weight is 707 g/mol. The van der Waals surface area contributed by atoms with Crippen molar-refractivity contribution in [2.24, 2.45) is 5.92 Å². The van der Waals surface area contributed by atoms with E-state index in [0.29, 0.717) is 17.5 Å². The summed E-state index contributed by atoms with van der Waals surface area (Å²) in [6.45, 7) is 6.00. The van der Waals surface area contributed by atoms with Crippen molar-refractivity contribution in [3.05, 3.63) is 22.8 Å². The van der Waals surface area contributed by atoms with Crippen molar-refractivity contribution in [1.29, 1.82) is 0 Å². The van der Waals surface area contributed by atoms with E-state index in [4.69, 9.17) is 28.4 Å². The summed E-state index contributed by atoms with van der Waals surface area (Å²) in [5.74, 6) is -1.05. The summed E-state index contributed by atoms with van der Waals surface area (Å²) in [4.78, 5) is 0. The van der Waals surface area contributed by atoms with Crippen molar-refractivity contribution in [1.82, 2.24) is 0 Å². The minimum absolute atomic E-state index is 0.0506. The number of fused-ring (bicyclic) bond motifs is 1. The highest BCUT2D eigenvalue weighted by Crippen LogP contribution is 2.51. The van der Waals surface area contributed by atoms with Gasteiger partial charge in [-0.15, -0.1) is 0 Å². The second-order valence-electron chi connectivity index (χ2n) is 13.8. The molecule has 3 aliphatic heterocycles. The van der Waals surface area contributed by atoms with Crippen molar-refractivity contribution in [2.75, 3.05) is 19.8 Å². The van der Waals surface area contributed by atoms with Gasteiger partial charge in [0.25, 0.3) is 0 Å². The Kier molecular flexibility index (Phi) is 12.1. The van der Waals surface area contributed by atoms with Gasteiger partial charge in [0.15, 0.2) is 24.1 Å². The first-order valence-electron chi connectivity index (χ1n) is 16.5. The highest BCUT2D eigenvalue weighted by atomic mass is 16.7. The van der Waals surface area contributed by atoms with Gasteiger partial charge in [-0.1, -0.05) is 26.8 Å². The van der Waals surface area contributed by atoms with Crippen LogP contribution in [0.2, 0.25) is 0 Å². The van der Waals surface area contributed by atoms with E-state index in [1.165, 1.54) is 0 Å². The van der Waals surface area contributed by atoms with Crippen LogP contribution in [-0.4, -0.2) is 168 Å². The van der Waals surface area contributed by atoms with Gasteiger partial charge in [0, 0.05) is 11.5 Å². The zero-order chi connectivity index (χ0) is 36.1. The van der Waals surface area contributed by atoms with Crippen LogP contribution in [0.4, 0.5) is 0 Å². The van der Waals surface area contributed by atoms with Gasteiger partial charge in [0.1, 0.15) is 67.1 Å². The number of ether oxygens (including phenoxy) is 6. The lowest BCUT2D eigenvalue weighted by molar-refractivity contribution is -0.313. The van der Waals surface area contributed by atoms with E-state index in [1.54, 1.807) is 13.8 Å². The summed E-state index contributed by atoms with van der Waals surface area (Å²) >= 11 is 0. The molecule has 3 saturated heterocycles. The number of hydrogen-bond donors (Lipinski definition) is 11. The molecule has 0 unspecified atom stereocenters. The number of aliphatic hydroxyl groups is 10. The van der Waals surface area contributed by atoms with Crippen LogP contribution in [0.1, 0.15) is 55.7 Å². The maximum Gasteiger partial charge on any atom is 0.229 e. The molecule has 0 saturated carbocycles. The van der Waals surface area contributed by atoms with Crippen LogP contribution in [0.25, 0.3) is 0 Å². The predicted molar refractivity (Wildman–Crippen MR) is 163 cm³/mol. The molecule has 3 heterocycles. The van der Waals surface area contributed by atoms with E-state index in [1.807, 2.05) is 19.9 Å². The van der Waals surface area contributed by atoms with Crippen LogP contribution >= 0.6 is 0 Å². The predicted octanol–water partition coefficient (Wildman–Crippen LogP) is -3.23. The van der Waals surface area contributed by atoms with Crippen LogP contribution < -0.4 is 4.74 Å². The molecule has 3 fully saturated rings. The number of aliphatic hydroxyl groups excluding tert-OH is 10. The minimum atomic E-state index is -1.78. The highest BCUT2D eigenvalue weighted by molar-refractivity contribution is 5.58. The molecule has 49 heavy (non-hydrogen) atoms. The number of benzene rings is 1. The molecule has 0 bridgehead atoms. The van der Waals surface area contributed by atoms with Gasteiger partial charge in [-0.2, -0.15) is 0 Å². The van der Waals surface area contributed by atoms with Gasteiger partial charge in [-0.3, -0.25) is 0 Å². The molecule has 17 nitrogen and oxygen atoms in total. The molecule has 17 heteroatoms. The Balaban J connectivity index is 1.37. The standard InChI is InChI=1S/C32H50O17/c1-10(2)13-6-16(46-31-27(42)24(39)21(36)17(7-33)47-31)12(4)19-14(13)5-11(3)29(23(19)38)49-32-28(43)25(40)22(37)18(48-32)9-45-30-26(41)20(35)15(34)8-44-30/h5,10,12-13,15-18,20-22,24-28,30-43H,6-9H2,1-4H3/t12-,13+,15-,16-,17-,18-,20+,21-,22-,24+,25+,26-,27-,28-,30+,31-,32+/m1/s1. The first kappa shape index (κ1) is 38.5. The molecule has 17 atom stereocenters. The zero-order valence-corrected chi connectivity index (χ0v) is 27.7. The first-order chi connectivity index (χ1) is 23.1. The molecule has 0 aromatic heterocycles. The third kappa shape index (κ3) is 7.44. The third-order valence-electron chi connectivity index (χ3n) is 10.2. The molecule has 1 aliphatic carbocycles. The fourth-order valence-corrected chi connectivity index (χ4v) is 7.06. The lowest BCUT2D eigenvalue weighted by Crippen LogP contribution is -2.61. The van der Waals surface area contributed by atoms with E-state index < -0.39 is 111 Å². The summed E-state index contributed by atoms with van der Waals surface area (Å²) < 4.78 is 34.2. The van der Waals surface area contributed by atoms with E-state index >= 15 is 0 Å². The minimum Gasteiger partial charge on any atom is -0.504 e. The van der Waals surface area contributed by atoms with Crippen molar-refractivity contribution >= 4 is 0 Å². The second-order valence-corrected chi connectivity index (χ2v) is 13.8. The van der Waals surface area contributed by atoms with Crippen LogP contribution in [0, 0.1) is 12.8 Å². The largest absolute Gasteiger partial charge is 0.504 e. The average Bonchev–Trinajstić information content (AvgIpc) is 3.06. The molecule has 280 valence electrons. The maximum atomic E-state index is 11.7. The van der Waals surface area contributed by atoms with E-state index in [-0.39, 0.29) is 29.9 Å². The SMILES string of the molecule is Cc1cc2c(c(O)c1O[C@@H]1O[C@H](CO[C@@H]3OC[C@@H](O)[C@H](O)[C@H]3O)[C@@H](O)[C@H](O)[C@H]1O)[C@H](C)[C@H](O[C@@H]1O[C@H](CO)[C@@H](O)[C@H](O)[C@H]1O)C[C@H]2C(C)C. The topological polar surface area (TPSA) is 278 Å². The molecule has 5 rings (SSSR count). The molecule has 4 aliphatic rings. The van der Waals surface area contributed by atoms with E-state index in [2.05, 4.69) is 0 Å². The highest BCUT2D eigenvalue weighted by Gasteiger charge is 2.49. The molecule has 0 radical (unpaired) electrons. The van der Waals surface area contributed by atoms with Gasteiger partial charge >= 0.3 is 0 Å². The van der Waals surface area contributed by atoms with Gasteiger partial charge < -0.3 is 84.6 Å². The Morgan fingerprint density at radius 2 is 1.39 bits per heavy atom. The Morgan fingerprint density at radius 3 is 2.02 bits per heavy atom. The van der Waals surface area contributed by atoms with Crippen molar-refractivity contribution in [2.45, 2.75) is 138 Å². The Hall–Kier alpha value is -1.78. The molecule has 11 N–H and O–H groups in total. The maximum absolute atomic E-state index is 11.7. The van der Waals surface area contributed by atoms with Crippen LogP contribution in [0.15, 0.2) is 6.07 Å². The van der Waals surface area contributed by atoms with E-state index in [9.17, 15) is 56.2 Å². The van der Waals surface area contributed by atoms with Crippen LogP contribution in [0.3, 0.4) is 0 Å². The fourth-order valence-electron chi connectivity index (χ4n) is 7.06. The fraction of sp³-hybridized carbons (Fsp3) is 0.812. The summed E-state index contributed by atoms with van der Waals surface area (Å²) in [7, 11) is 0. The Bertz CT molecular complexity index is 1260. The lowest BCUT2D eigenvalue weighted by atomic mass is 9.70. The lowest BCUT2D eigenvalue weighted by Gasteiger charge is -2.44. The summed E-state index contributed by atoms with van der Waals surface area (Å²) in [5.41, 5.74) is 1.72. The van der Waals surface area contributed by atoms with E-state index in [0.717, 1.165) is 5.56 Å². The van der Waals surface area contributed by atoms with Gasteiger partial charge in [0.05, 0.1) is 25.9 Å². The molecular formula is C32H50O17. The van der Waals surface area contributed by atoms with Gasteiger partial charge in [-0.05, 0) is 36.3 Å². The number of aromatic hydroxyl groups is 1. The number of rotatable bonds is 9. The second kappa shape index (κ2) is 15.4. The van der Waals surface area contributed by atoms with Gasteiger partial charge in [0.2, 0.25) is 6.29 Å². The third-order valence-corrected chi connectivity index (χ3v) is 10.2. The zero-order valence-electron chi connectivity index (χ0n) is 27.7. The summed E-state index contributed by atoms with van der Waals surface area (Å²) in [6, 6.07) is 1.83. The van der Waals surface area contributed by atoms with Crippen LogP contribution in [-0.2, 0) is 23.7 Å². The molecule has 0 spiro atoms. The molecular weight excluding hydrogens is 656 g/mol. The van der Waals surface area contributed by atoms with Crippen LogP contribution in [0.5, 0.6) is 11.5 Å². The quantitative estimate of drug-likeness (QED) is 0.120. The molecule has 0 amide bonds.